The molecule has 0 aliphatic heterocycles. The Morgan fingerprint density at radius 2 is 0.800 bits per heavy atom. The van der Waals surface area contributed by atoms with Crippen molar-refractivity contribution in [3.05, 3.63) is 140 Å². The molecule has 0 spiro atoms. The van der Waals surface area contributed by atoms with Crippen molar-refractivity contribution < 1.29 is 0 Å². The monoisotopic (exact) mass is 445 g/mol. The van der Waals surface area contributed by atoms with Crippen molar-refractivity contribution in [2.75, 3.05) is 4.90 Å². The summed E-state index contributed by atoms with van der Waals surface area (Å²) in [7, 11) is 0. The zero-order valence-electron chi connectivity index (χ0n) is 19.2. The first kappa shape index (κ1) is 19.8. The Hall–Kier alpha value is -4.62. The van der Waals surface area contributed by atoms with Crippen LogP contribution in [0.25, 0.3) is 43.1 Å². The smallest absolute Gasteiger partial charge is 0.0468 e. The Labute approximate surface area is 204 Å². The van der Waals surface area contributed by atoms with Gasteiger partial charge in [-0.3, -0.25) is 0 Å². The van der Waals surface area contributed by atoms with E-state index in [0.29, 0.717) is 0 Å². The Morgan fingerprint density at radius 3 is 1.46 bits per heavy atom. The highest BCUT2D eigenvalue weighted by Crippen LogP contribution is 2.38. The number of hydrogen-bond acceptors (Lipinski definition) is 1. The summed E-state index contributed by atoms with van der Waals surface area (Å²) in [6.45, 7) is 0. The second-order valence-electron chi connectivity index (χ2n) is 9.06. The van der Waals surface area contributed by atoms with Crippen LogP contribution in [0.5, 0.6) is 0 Å². The van der Waals surface area contributed by atoms with Gasteiger partial charge in [0.1, 0.15) is 0 Å². The maximum Gasteiger partial charge on any atom is 0.0468 e. The van der Waals surface area contributed by atoms with Gasteiger partial charge in [-0.05, 0) is 91.6 Å². The molecule has 0 unspecified atom stereocenters. The molecule has 0 saturated heterocycles. The second kappa shape index (κ2) is 8.00. The van der Waals surface area contributed by atoms with E-state index in [1.54, 1.807) is 0 Å². The van der Waals surface area contributed by atoms with Gasteiger partial charge >= 0.3 is 0 Å². The molecule has 35 heavy (non-hydrogen) atoms. The SMILES string of the molecule is c1ccc(N(c2ccccc2)c2ccc3c(ccc4c5cc6ccccc6cc5ccc34)c2)cc1. The minimum atomic E-state index is 1.15. The molecular weight excluding hydrogens is 422 g/mol. The molecule has 0 amide bonds. The zero-order valence-corrected chi connectivity index (χ0v) is 19.2. The van der Waals surface area contributed by atoms with Gasteiger partial charge in [0.25, 0.3) is 0 Å². The molecular formula is C34H23N. The lowest BCUT2D eigenvalue weighted by Gasteiger charge is -2.25. The molecule has 0 saturated carbocycles. The summed E-state index contributed by atoms with van der Waals surface area (Å²) in [5.41, 5.74) is 3.45. The van der Waals surface area contributed by atoms with E-state index < -0.39 is 0 Å². The minimum Gasteiger partial charge on any atom is -0.310 e. The van der Waals surface area contributed by atoms with Crippen LogP contribution < -0.4 is 4.90 Å². The lowest BCUT2D eigenvalue weighted by atomic mass is 9.95. The molecule has 0 fully saturated rings. The summed E-state index contributed by atoms with van der Waals surface area (Å²) in [4.78, 5) is 2.32. The van der Waals surface area contributed by atoms with Crippen molar-refractivity contribution in [2.45, 2.75) is 0 Å². The fourth-order valence-electron chi connectivity index (χ4n) is 5.30. The second-order valence-corrected chi connectivity index (χ2v) is 9.06. The molecule has 0 heterocycles. The molecule has 0 atom stereocenters. The van der Waals surface area contributed by atoms with Gasteiger partial charge in [0.2, 0.25) is 0 Å². The van der Waals surface area contributed by atoms with E-state index >= 15 is 0 Å². The normalized spacial score (nSPS) is 11.4. The number of benzene rings is 7. The van der Waals surface area contributed by atoms with Crippen LogP contribution in [0, 0.1) is 0 Å². The fourth-order valence-corrected chi connectivity index (χ4v) is 5.30. The lowest BCUT2D eigenvalue weighted by Crippen LogP contribution is -2.09. The van der Waals surface area contributed by atoms with Gasteiger partial charge in [-0.1, -0.05) is 91.0 Å². The van der Waals surface area contributed by atoms with Crippen molar-refractivity contribution in [3.63, 3.8) is 0 Å². The summed E-state index contributed by atoms with van der Waals surface area (Å²) < 4.78 is 0. The first-order valence-corrected chi connectivity index (χ1v) is 12.0. The Bertz CT molecular complexity index is 1800. The highest BCUT2D eigenvalue weighted by molar-refractivity contribution is 6.19. The number of nitrogens with zero attached hydrogens (tertiary/aromatic N) is 1. The van der Waals surface area contributed by atoms with E-state index in [0.717, 1.165) is 17.1 Å². The molecule has 0 aliphatic rings. The molecule has 0 aromatic heterocycles. The van der Waals surface area contributed by atoms with Crippen molar-refractivity contribution >= 4 is 60.2 Å². The quantitative estimate of drug-likeness (QED) is 0.193. The van der Waals surface area contributed by atoms with E-state index in [1.165, 1.54) is 43.1 Å². The van der Waals surface area contributed by atoms with Gasteiger partial charge in [-0.2, -0.15) is 0 Å². The predicted molar refractivity (Wildman–Crippen MR) is 151 cm³/mol. The number of rotatable bonds is 3. The summed E-state index contributed by atoms with van der Waals surface area (Å²) in [5, 5.41) is 10.3. The van der Waals surface area contributed by atoms with Crippen LogP contribution in [-0.4, -0.2) is 0 Å². The van der Waals surface area contributed by atoms with Crippen LogP contribution in [0.3, 0.4) is 0 Å². The maximum atomic E-state index is 2.33. The highest BCUT2D eigenvalue weighted by Gasteiger charge is 2.13. The average Bonchev–Trinajstić information content (AvgIpc) is 2.93. The summed E-state index contributed by atoms with van der Waals surface area (Å²) in [6.07, 6.45) is 0. The van der Waals surface area contributed by atoms with Crippen molar-refractivity contribution in [1.29, 1.82) is 0 Å². The largest absolute Gasteiger partial charge is 0.310 e. The van der Waals surface area contributed by atoms with E-state index in [-0.39, 0.29) is 0 Å². The number of anilines is 3. The number of fused-ring (bicyclic) bond motifs is 6. The molecule has 1 heteroatoms. The molecule has 1 nitrogen and oxygen atoms in total. The summed E-state index contributed by atoms with van der Waals surface area (Å²) in [5.74, 6) is 0. The zero-order chi connectivity index (χ0) is 23.2. The van der Waals surface area contributed by atoms with E-state index in [2.05, 4.69) is 144 Å². The summed E-state index contributed by atoms with van der Waals surface area (Å²) in [6, 6.07) is 50.3. The fraction of sp³-hybridized carbons (Fsp3) is 0. The van der Waals surface area contributed by atoms with Gasteiger partial charge in [-0.25, -0.2) is 0 Å². The topological polar surface area (TPSA) is 3.24 Å². The van der Waals surface area contributed by atoms with Crippen molar-refractivity contribution in [3.8, 4) is 0 Å². The van der Waals surface area contributed by atoms with Crippen LogP contribution in [0.2, 0.25) is 0 Å². The van der Waals surface area contributed by atoms with Gasteiger partial charge in [0.05, 0.1) is 0 Å². The van der Waals surface area contributed by atoms with E-state index in [4.69, 9.17) is 0 Å². The Balaban J connectivity index is 1.44. The van der Waals surface area contributed by atoms with Crippen molar-refractivity contribution in [2.24, 2.45) is 0 Å². The predicted octanol–water partition coefficient (Wildman–Crippen LogP) is 9.77. The van der Waals surface area contributed by atoms with Crippen LogP contribution in [0.1, 0.15) is 0 Å². The standard InChI is InChI=1S/C34H23N/c1-3-11-28(12-4-1)35(29-13-5-2-6-14-29)30-17-20-31-27(22-30)16-19-33-32(31)18-15-26-21-24-9-7-8-10-25(24)23-34(26)33/h1-23H. The third-order valence-electron chi connectivity index (χ3n) is 6.97. The molecule has 7 rings (SSSR count). The number of hydrogen-bond donors (Lipinski definition) is 0. The molecule has 0 aliphatic carbocycles. The number of para-hydroxylation sites is 2. The Morgan fingerprint density at radius 1 is 0.286 bits per heavy atom. The first-order chi connectivity index (χ1) is 17.3. The average molecular weight is 446 g/mol. The van der Waals surface area contributed by atoms with Crippen LogP contribution in [0.15, 0.2) is 140 Å². The van der Waals surface area contributed by atoms with Gasteiger partial charge in [-0.15, -0.1) is 0 Å². The van der Waals surface area contributed by atoms with Crippen LogP contribution >= 0.6 is 0 Å². The van der Waals surface area contributed by atoms with Crippen molar-refractivity contribution in [1.82, 2.24) is 0 Å². The molecule has 7 aromatic rings. The van der Waals surface area contributed by atoms with Gasteiger partial charge in [0.15, 0.2) is 0 Å². The molecule has 164 valence electrons. The van der Waals surface area contributed by atoms with Gasteiger partial charge in [0, 0.05) is 17.1 Å². The third-order valence-corrected chi connectivity index (χ3v) is 6.97. The van der Waals surface area contributed by atoms with Gasteiger partial charge < -0.3 is 4.90 Å². The minimum absolute atomic E-state index is 1.15. The van der Waals surface area contributed by atoms with Crippen LogP contribution in [-0.2, 0) is 0 Å². The molecule has 7 aromatic carbocycles. The summed E-state index contributed by atoms with van der Waals surface area (Å²) >= 11 is 0. The first-order valence-electron chi connectivity index (χ1n) is 12.0. The highest BCUT2D eigenvalue weighted by atomic mass is 15.1. The Kier molecular flexibility index (Phi) is 4.53. The van der Waals surface area contributed by atoms with E-state index in [1.807, 2.05) is 0 Å². The third kappa shape index (κ3) is 3.33. The van der Waals surface area contributed by atoms with E-state index in [9.17, 15) is 0 Å². The maximum absolute atomic E-state index is 2.33. The molecule has 0 bridgehead atoms. The molecule has 0 radical (unpaired) electrons. The lowest BCUT2D eigenvalue weighted by molar-refractivity contribution is 1.29. The molecule has 0 N–H and O–H groups in total. The van der Waals surface area contributed by atoms with Crippen LogP contribution in [0.4, 0.5) is 17.1 Å².